The molecule has 0 N–H and O–H groups in total. The van der Waals surface area contributed by atoms with E-state index in [1.54, 1.807) is 18.6 Å². The van der Waals surface area contributed by atoms with Crippen LogP contribution in [0.25, 0.3) is 16.8 Å². The van der Waals surface area contributed by atoms with Crippen molar-refractivity contribution >= 4 is 45.8 Å². The summed E-state index contributed by atoms with van der Waals surface area (Å²) in [7, 11) is 1.59. The maximum Gasteiger partial charge on any atom is 0.338 e. The summed E-state index contributed by atoms with van der Waals surface area (Å²) in [6.07, 6.45) is 3.21. The number of rotatable bonds is 10. The van der Waals surface area contributed by atoms with Crippen molar-refractivity contribution < 1.29 is 19.0 Å². The van der Waals surface area contributed by atoms with Crippen LogP contribution in [-0.4, -0.2) is 24.3 Å². The van der Waals surface area contributed by atoms with E-state index in [9.17, 15) is 9.59 Å². The van der Waals surface area contributed by atoms with Gasteiger partial charge in [-0.1, -0.05) is 90.9 Å². The molecule has 0 spiro atoms. The first-order chi connectivity index (χ1) is 22.4. The Morgan fingerprint density at radius 3 is 2.59 bits per heavy atom. The van der Waals surface area contributed by atoms with Gasteiger partial charge >= 0.3 is 5.97 Å². The highest BCUT2D eigenvalue weighted by Crippen LogP contribution is 2.34. The molecule has 9 heteroatoms. The summed E-state index contributed by atoms with van der Waals surface area (Å²) in [4.78, 5) is 33.4. The number of methoxy groups -OCH3 is 1. The Kier molecular flexibility index (Phi) is 9.38. The molecule has 0 bridgehead atoms. The van der Waals surface area contributed by atoms with Crippen LogP contribution in [0.3, 0.4) is 0 Å². The molecular weight excluding hydrogens is 620 g/mol. The van der Waals surface area contributed by atoms with Gasteiger partial charge in [-0.25, -0.2) is 9.79 Å². The molecule has 7 nitrogen and oxygen atoms in total. The van der Waals surface area contributed by atoms with Gasteiger partial charge in [-0.3, -0.25) is 9.36 Å². The summed E-state index contributed by atoms with van der Waals surface area (Å²) in [6.45, 7) is 4.34. The number of nitrogens with zero attached hydrogens (tertiary/aromatic N) is 2. The van der Waals surface area contributed by atoms with Crippen LogP contribution in [0.2, 0.25) is 5.02 Å². The van der Waals surface area contributed by atoms with Gasteiger partial charge in [0.2, 0.25) is 0 Å². The molecule has 4 aromatic carbocycles. The van der Waals surface area contributed by atoms with E-state index in [2.05, 4.69) is 0 Å². The van der Waals surface area contributed by atoms with E-state index < -0.39 is 12.0 Å². The zero-order chi connectivity index (χ0) is 32.2. The number of halogens is 1. The average molecular weight is 653 g/mol. The normalized spacial score (nSPS) is 14.6. The number of hydrogen-bond acceptors (Lipinski definition) is 7. The molecule has 5 aromatic rings. The number of aromatic nitrogens is 1. The van der Waals surface area contributed by atoms with Crippen LogP contribution >= 0.6 is 22.9 Å². The summed E-state index contributed by atoms with van der Waals surface area (Å²) in [5.74, 6) is 0.779. The maximum atomic E-state index is 14.4. The minimum absolute atomic E-state index is 0.205. The number of benzene rings is 4. The Morgan fingerprint density at radius 1 is 1.02 bits per heavy atom. The molecule has 0 saturated carbocycles. The predicted molar refractivity (Wildman–Crippen MR) is 182 cm³/mol. The summed E-state index contributed by atoms with van der Waals surface area (Å²) in [5, 5.41) is 2.63. The van der Waals surface area contributed by atoms with E-state index in [-0.39, 0.29) is 12.2 Å². The largest absolute Gasteiger partial charge is 0.497 e. The average Bonchev–Trinajstić information content (AvgIpc) is 3.38. The Balaban J connectivity index is 1.55. The van der Waals surface area contributed by atoms with Crippen LogP contribution in [-0.2, 0) is 16.1 Å². The third-order valence-corrected chi connectivity index (χ3v) is 9.05. The fraction of sp³-hybridized carbons (Fsp3) is 0.216. The zero-order valence-corrected chi connectivity index (χ0v) is 27.4. The van der Waals surface area contributed by atoms with Crippen LogP contribution in [0.15, 0.2) is 106 Å². The zero-order valence-electron chi connectivity index (χ0n) is 25.8. The molecule has 0 unspecified atom stereocenters. The van der Waals surface area contributed by atoms with E-state index in [1.165, 1.54) is 11.3 Å². The molecule has 0 aliphatic carbocycles. The molecule has 2 heterocycles. The number of hydrogen-bond donors (Lipinski definition) is 0. The number of fused-ring (bicyclic) bond motifs is 2. The lowest BCUT2D eigenvalue weighted by molar-refractivity contribution is -0.139. The Morgan fingerprint density at radius 2 is 1.83 bits per heavy atom. The molecule has 0 fully saturated rings. The third-order valence-electron chi connectivity index (χ3n) is 7.82. The first-order valence-corrected chi connectivity index (χ1v) is 16.4. The Hall–Kier alpha value is -4.66. The highest BCUT2D eigenvalue weighted by molar-refractivity contribution is 7.07. The highest BCUT2D eigenvalue weighted by Gasteiger charge is 2.34. The van der Waals surface area contributed by atoms with E-state index >= 15 is 0 Å². The second kappa shape index (κ2) is 13.8. The Labute approximate surface area is 275 Å². The van der Waals surface area contributed by atoms with Gasteiger partial charge in [-0.15, -0.1) is 0 Å². The fourth-order valence-electron chi connectivity index (χ4n) is 5.67. The summed E-state index contributed by atoms with van der Waals surface area (Å²) >= 11 is 7.38. The summed E-state index contributed by atoms with van der Waals surface area (Å²) < 4.78 is 19.5. The van der Waals surface area contributed by atoms with Crippen LogP contribution in [0.4, 0.5) is 0 Å². The molecule has 234 valence electrons. The van der Waals surface area contributed by atoms with Crippen molar-refractivity contribution in [2.24, 2.45) is 4.99 Å². The molecule has 1 atom stereocenters. The standard InChI is InChI=1S/C37H33ClN2O5S/c1-4-9-30-33(36(42)44-5-2)34(25-11-8-12-27(20-25)43-3)40-35(41)32(46-37(40)39-30)21-29-28-13-7-6-10-24(28)16-19-31(29)45-22-23-14-17-26(38)18-15-23/h6-8,10-21,34H,4-5,9,22H2,1-3H3/b32-21-/t34-/m0/s1. The van der Waals surface area contributed by atoms with Gasteiger partial charge < -0.3 is 14.2 Å². The van der Waals surface area contributed by atoms with E-state index in [4.69, 9.17) is 30.8 Å². The number of thiazole rings is 1. The number of carbonyl (C=O) groups excluding carboxylic acids is 1. The lowest BCUT2D eigenvalue weighted by Crippen LogP contribution is -2.40. The molecule has 1 aliphatic heterocycles. The van der Waals surface area contributed by atoms with Crippen LogP contribution < -0.4 is 24.4 Å². The fourth-order valence-corrected chi connectivity index (χ4v) is 6.80. The number of ether oxygens (including phenoxy) is 3. The third kappa shape index (κ3) is 6.23. The SMILES string of the molecule is CCCC1=C(C(=O)OCC)[C@H](c2cccc(OC)c2)n2c(s/c(=C\c3c(OCc4ccc(Cl)cc4)ccc4ccccc34)c2=O)=N1. The van der Waals surface area contributed by atoms with Gasteiger partial charge in [-0.2, -0.15) is 0 Å². The van der Waals surface area contributed by atoms with Crippen molar-refractivity contribution in [3.8, 4) is 11.5 Å². The molecule has 0 saturated heterocycles. The molecule has 46 heavy (non-hydrogen) atoms. The van der Waals surface area contributed by atoms with E-state index in [1.807, 2.05) is 97.9 Å². The number of carbonyl (C=O) groups is 1. The van der Waals surface area contributed by atoms with Crippen molar-refractivity contribution in [2.45, 2.75) is 39.3 Å². The van der Waals surface area contributed by atoms with Crippen molar-refractivity contribution in [3.05, 3.63) is 138 Å². The van der Waals surface area contributed by atoms with Gasteiger partial charge in [-0.05, 0) is 71.7 Å². The smallest absolute Gasteiger partial charge is 0.338 e. The van der Waals surface area contributed by atoms with Crippen molar-refractivity contribution in [2.75, 3.05) is 13.7 Å². The molecule has 6 rings (SSSR count). The topological polar surface area (TPSA) is 79.1 Å². The van der Waals surface area contributed by atoms with Crippen molar-refractivity contribution in [1.82, 2.24) is 4.57 Å². The van der Waals surface area contributed by atoms with Crippen molar-refractivity contribution in [3.63, 3.8) is 0 Å². The molecule has 1 aliphatic rings. The highest BCUT2D eigenvalue weighted by atomic mass is 35.5. The lowest BCUT2D eigenvalue weighted by Gasteiger charge is -2.26. The minimum Gasteiger partial charge on any atom is -0.497 e. The number of esters is 1. The maximum absolute atomic E-state index is 14.4. The van der Waals surface area contributed by atoms with Gasteiger partial charge in [0.25, 0.3) is 5.56 Å². The summed E-state index contributed by atoms with van der Waals surface area (Å²) in [5.41, 5.74) is 3.22. The molecule has 1 aromatic heterocycles. The van der Waals surface area contributed by atoms with Crippen LogP contribution in [0.1, 0.15) is 49.4 Å². The van der Waals surface area contributed by atoms with Crippen LogP contribution in [0, 0.1) is 0 Å². The van der Waals surface area contributed by atoms with E-state index in [0.717, 1.165) is 33.9 Å². The first-order valence-electron chi connectivity index (χ1n) is 15.2. The van der Waals surface area contributed by atoms with Gasteiger partial charge in [0.15, 0.2) is 4.80 Å². The minimum atomic E-state index is -0.734. The molecule has 0 radical (unpaired) electrons. The monoisotopic (exact) mass is 652 g/mol. The Bertz CT molecular complexity index is 2130. The predicted octanol–water partition coefficient (Wildman–Crippen LogP) is 6.97. The lowest BCUT2D eigenvalue weighted by atomic mass is 9.94. The molecule has 0 amide bonds. The van der Waals surface area contributed by atoms with Crippen molar-refractivity contribution in [1.29, 1.82) is 0 Å². The summed E-state index contributed by atoms with van der Waals surface area (Å²) in [6, 6.07) is 26.2. The van der Waals surface area contributed by atoms with Crippen LogP contribution in [0.5, 0.6) is 11.5 Å². The van der Waals surface area contributed by atoms with Gasteiger partial charge in [0, 0.05) is 10.6 Å². The molecular formula is C37H33ClN2O5S. The van der Waals surface area contributed by atoms with Gasteiger partial charge in [0.1, 0.15) is 18.1 Å². The second-order valence-electron chi connectivity index (χ2n) is 10.8. The number of allylic oxidation sites excluding steroid dienone is 1. The quantitative estimate of drug-likeness (QED) is 0.152. The second-order valence-corrected chi connectivity index (χ2v) is 12.2. The first kappa shape index (κ1) is 31.3. The van der Waals surface area contributed by atoms with Gasteiger partial charge in [0.05, 0.1) is 35.6 Å². The van der Waals surface area contributed by atoms with E-state index in [0.29, 0.717) is 50.2 Å².